The molecule has 2 heterocycles. The van der Waals surface area contributed by atoms with Gasteiger partial charge >= 0.3 is 0 Å². The minimum Gasteiger partial charge on any atom is -0.467 e. The van der Waals surface area contributed by atoms with E-state index >= 15 is 0 Å². The Labute approximate surface area is 109 Å². The summed E-state index contributed by atoms with van der Waals surface area (Å²) in [5.41, 5.74) is 3.60. The minimum absolute atomic E-state index is 0.672. The maximum Gasteiger partial charge on any atom is 0.184 e. The van der Waals surface area contributed by atoms with E-state index in [-0.39, 0.29) is 0 Å². The zero-order chi connectivity index (χ0) is 12.5. The van der Waals surface area contributed by atoms with Gasteiger partial charge in [-0.3, -0.25) is 0 Å². The molecule has 1 N–H and O–H groups in total. The van der Waals surface area contributed by atoms with E-state index in [0.717, 1.165) is 16.4 Å². The monoisotopic (exact) mass is 258 g/mol. The number of aryl methyl sites for hydroxylation is 2. The molecule has 92 valence electrons. The molecule has 3 rings (SSSR count). The number of fused-ring (bicyclic) bond motifs is 1. The Balaban J connectivity index is 1.89. The predicted octanol–water partition coefficient (Wildman–Crippen LogP) is 4.12. The standard InChI is InChI=1S/C14H14N2OS/c1-9-5-6-10(2)13-12(9)16-14(18-13)15-8-11-4-3-7-17-11/h3-7H,8H2,1-2H3,(H,15,16). The second kappa shape index (κ2) is 4.46. The molecule has 0 saturated heterocycles. The number of furan rings is 1. The highest BCUT2D eigenvalue weighted by Gasteiger charge is 2.08. The van der Waals surface area contributed by atoms with E-state index in [9.17, 15) is 0 Å². The average molecular weight is 258 g/mol. The van der Waals surface area contributed by atoms with Gasteiger partial charge in [-0.25, -0.2) is 4.98 Å². The number of nitrogens with zero attached hydrogens (tertiary/aromatic N) is 1. The Morgan fingerprint density at radius 1 is 1.22 bits per heavy atom. The van der Waals surface area contributed by atoms with Crippen molar-refractivity contribution in [2.24, 2.45) is 0 Å². The molecule has 0 saturated carbocycles. The summed E-state index contributed by atoms with van der Waals surface area (Å²) in [4.78, 5) is 4.64. The van der Waals surface area contributed by atoms with Crippen LogP contribution in [0.2, 0.25) is 0 Å². The first-order valence-electron chi connectivity index (χ1n) is 5.87. The van der Waals surface area contributed by atoms with Crippen LogP contribution in [0.1, 0.15) is 16.9 Å². The molecule has 3 nitrogen and oxygen atoms in total. The fraction of sp³-hybridized carbons (Fsp3) is 0.214. The summed E-state index contributed by atoms with van der Waals surface area (Å²) in [5, 5.41) is 4.25. The van der Waals surface area contributed by atoms with Crippen molar-refractivity contribution in [1.82, 2.24) is 4.98 Å². The molecule has 18 heavy (non-hydrogen) atoms. The van der Waals surface area contributed by atoms with Gasteiger partial charge in [-0.15, -0.1) is 0 Å². The minimum atomic E-state index is 0.672. The Hall–Kier alpha value is -1.81. The highest BCUT2D eigenvalue weighted by Crippen LogP contribution is 2.30. The molecule has 0 bridgehead atoms. The molecule has 0 fully saturated rings. The van der Waals surface area contributed by atoms with E-state index in [2.05, 4.69) is 36.3 Å². The van der Waals surface area contributed by atoms with Crippen molar-refractivity contribution in [2.45, 2.75) is 20.4 Å². The lowest BCUT2D eigenvalue weighted by Crippen LogP contribution is -1.96. The summed E-state index contributed by atoms with van der Waals surface area (Å²) >= 11 is 1.70. The lowest BCUT2D eigenvalue weighted by molar-refractivity contribution is 0.518. The fourth-order valence-electron chi connectivity index (χ4n) is 1.91. The van der Waals surface area contributed by atoms with Crippen molar-refractivity contribution in [3.63, 3.8) is 0 Å². The third kappa shape index (κ3) is 1.99. The second-order valence-corrected chi connectivity index (χ2v) is 5.33. The van der Waals surface area contributed by atoms with Crippen LogP contribution in [-0.2, 0) is 6.54 Å². The van der Waals surface area contributed by atoms with Crippen LogP contribution in [-0.4, -0.2) is 4.98 Å². The summed E-state index contributed by atoms with van der Waals surface area (Å²) < 4.78 is 6.55. The molecule has 0 amide bonds. The number of rotatable bonds is 3. The van der Waals surface area contributed by atoms with Gasteiger partial charge in [-0.05, 0) is 37.1 Å². The lowest BCUT2D eigenvalue weighted by Gasteiger charge is -1.97. The molecule has 0 radical (unpaired) electrons. The topological polar surface area (TPSA) is 38.1 Å². The lowest BCUT2D eigenvalue weighted by atomic mass is 10.1. The third-order valence-corrected chi connectivity index (χ3v) is 4.08. The molecule has 0 spiro atoms. The zero-order valence-corrected chi connectivity index (χ0v) is 11.2. The first-order valence-corrected chi connectivity index (χ1v) is 6.68. The Bertz CT molecular complexity index is 631. The summed E-state index contributed by atoms with van der Waals surface area (Å²) in [7, 11) is 0. The van der Waals surface area contributed by atoms with Gasteiger partial charge in [0.2, 0.25) is 0 Å². The van der Waals surface area contributed by atoms with Gasteiger partial charge in [0, 0.05) is 0 Å². The SMILES string of the molecule is Cc1ccc(C)c2sc(NCc3ccco3)nc12. The molecule has 0 aliphatic carbocycles. The van der Waals surface area contributed by atoms with Crippen LogP contribution in [0.3, 0.4) is 0 Å². The van der Waals surface area contributed by atoms with Crippen molar-refractivity contribution >= 4 is 26.7 Å². The number of thiazole rings is 1. The van der Waals surface area contributed by atoms with Gasteiger partial charge in [0.25, 0.3) is 0 Å². The predicted molar refractivity (Wildman–Crippen MR) is 75.1 cm³/mol. The third-order valence-electron chi connectivity index (χ3n) is 2.94. The van der Waals surface area contributed by atoms with E-state index in [1.807, 2.05) is 12.1 Å². The van der Waals surface area contributed by atoms with Gasteiger partial charge in [-0.2, -0.15) is 0 Å². The smallest absolute Gasteiger partial charge is 0.184 e. The van der Waals surface area contributed by atoms with Crippen LogP contribution in [0.4, 0.5) is 5.13 Å². The fourth-order valence-corrected chi connectivity index (χ4v) is 2.92. The molecular formula is C14H14N2OS. The number of hydrogen-bond acceptors (Lipinski definition) is 4. The molecule has 2 aromatic heterocycles. The van der Waals surface area contributed by atoms with Gasteiger partial charge in [-0.1, -0.05) is 23.5 Å². The van der Waals surface area contributed by atoms with Crippen LogP contribution < -0.4 is 5.32 Å². The van der Waals surface area contributed by atoms with Crippen LogP contribution >= 0.6 is 11.3 Å². The van der Waals surface area contributed by atoms with Crippen molar-refractivity contribution in [3.05, 3.63) is 47.4 Å². The number of nitrogens with one attached hydrogen (secondary N) is 1. The Morgan fingerprint density at radius 3 is 2.78 bits per heavy atom. The zero-order valence-electron chi connectivity index (χ0n) is 10.4. The Kier molecular flexibility index (Phi) is 2.80. The highest BCUT2D eigenvalue weighted by molar-refractivity contribution is 7.22. The number of benzene rings is 1. The normalized spacial score (nSPS) is 11.0. The maximum absolute atomic E-state index is 5.29. The van der Waals surface area contributed by atoms with Gasteiger partial charge < -0.3 is 9.73 Å². The van der Waals surface area contributed by atoms with E-state index in [1.165, 1.54) is 15.8 Å². The largest absolute Gasteiger partial charge is 0.467 e. The summed E-state index contributed by atoms with van der Waals surface area (Å²) in [5.74, 6) is 0.919. The van der Waals surface area contributed by atoms with E-state index in [4.69, 9.17) is 4.42 Å². The van der Waals surface area contributed by atoms with E-state index < -0.39 is 0 Å². The van der Waals surface area contributed by atoms with E-state index in [0.29, 0.717) is 6.54 Å². The highest BCUT2D eigenvalue weighted by atomic mass is 32.1. The summed E-state index contributed by atoms with van der Waals surface area (Å²) in [6.45, 7) is 4.89. The van der Waals surface area contributed by atoms with Crippen molar-refractivity contribution in [1.29, 1.82) is 0 Å². The molecule has 0 unspecified atom stereocenters. The molecular weight excluding hydrogens is 244 g/mol. The van der Waals surface area contributed by atoms with Crippen molar-refractivity contribution < 1.29 is 4.42 Å². The molecule has 3 aromatic rings. The molecule has 0 aliphatic rings. The second-order valence-electron chi connectivity index (χ2n) is 4.33. The maximum atomic E-state index is 5.29. The van der Waals surface area contributed by atoms with Crippen molar-refractivity contribution in [2.75, 3.05) is 5.32 Å². The molecule has 0 atom stereocenters. The molecule has 1 aromatic carbocycles. The Morgan fingerprint density at radius 2 is 2.06 bits per heavy atom. The average Bonchev–Trinajstić information content (AvgIpc) is 3.00. The van der Waals surface area contributed by atoms with Gasteiger partial charge in [0.05, 0.1) is 23.0 Å². The van der Waals surface area contributed by atoms with Gasteiger partial charge in [0.15, 0.2) is 5.13 Å². The number of aromatic nitrogens is 1. The van der Waals surface area contributed by atoms with Crippen molar-refractivity contribution in [3.8, 4) is 0 Å². The van der Waals surface area contributed by atoms with Crippen LogP contribution in [0.5, 0.6) is 0 Å². The quantitative estimate of drug-likeness (QED) is 0.768. The number of hydrogen-bond donors (Lipinski definition) is 1. The van der Waals surface area contributed by atoms with Crippen LogP contribution in [0.15, 0.2) is 34.9 Å². The van der Waals surface area contributed by atoms with E-state index in [1.54, 1.807) is 17.6 Å². The van der Waals surface area contributed by atoms with Crippen LogP contribution in [0, 0.1) is 13.8 Å². The first kappa shape index (κ1) is 11.3. The summed E-state index contributed by atoms with van der Waals surface area (Å²) in [6, 6.07) is 8.11. The summed E-state index contributed by atoms with van der Waals surface area (Å²) in [6.07, 6.45) is 1.68. The molecule has 4 heteroatoms. The first-order chi connectivity index (χ1) is 8.74. The van der Waals surface area contributed by atoms with Gasteiger partial charge in [0.1, 0.15) is 5.76 Å². The number of anilines is 1. The molecule has 0 aliphatic heterocycles. The van der Waals surface area contributed by atoms with Crippen LogP contribution in [0.25, 0.3) is 10.2 Å².